The Balaban J connectivity index is 1.26. The van der Waals surface area contributed by atoms with Crippen molar-refractivity contribution in [3.63, 3.8) is 0 Å². The number of carbonyl (C=O) groups is 2. The first-order chi connectivity index (χ1) is 14.1. The van der Waals surface area contributed by atoms with Gasteiger partial charge in [0, 0.05) is 23.6 Å². The number of fused-ring (bicyclic) bond motifs is 2. The second kappa shape index (κ2) is 8.26. The molecule has 0 fully saturated rings. The monoisotopic (exact) mass is 393 g/mol. The van der Waals surface area contributed by atoms with E-state index in [1.54, 1.807) is 19.1 Å². The number of benzene rings is 2. The molecule has 0 radical (unpaired) electrons. The summed E-state index contributed by atoms with van der Waals surface area (Å²) >= 11 is 0. The zero-order chi connectivity index (χ0) is 20.2. The number of nitrogens with one attached hydrogen (secondary N) is 3. The molecule has 2 atom stereocenters. The molecule has 3 N–H and O–H groups in total. The van der Waals surface area contributed by atoms with Crippen LogP contribution in [0.4, 0.5) is 0 Å². The molecular weight excluding hydrogens is 370 g/mol. The number of para-hydroxylation sites is 3. The number of carbonyl (C=O) groups excluding carboxylic acids is 2. The molecule has 0 spiro atoms. The highest BCUT2D eigenvalue weighted by Gasteiger charge is 2.29. The van der Waals surface area contributed by atoms with E-state index in [2.05, 4.69) is 21.7 Å². The van der Waals surface area contributed by atoms with Gasteiger partial charge in [-0.3, -0.25) is 9.59 Å². The van der Waals surface area contributed by atoms with Crippen molar-refractivity contribution in [2.75, 3.05) is 13.2 Å². The van der Waals surface area contributed by atoms with Gasteiger partial charge in [-0.25, -0.2) is 0 Å². The third-order valence-corrected chi connectivity index (χ3v) is 4.92. The molecule has 0 saturated heterocycles. The summed E-state index contributed by atoms with van der Waals surface area (Å²) in [6, 6.07) is 14.5. The molecule has 0 aliphatic carbocycles. The zero-order valence-corrected chi connectivity index (χ0v) is 16.1. The van der Waals surface area contributed by atoms with Crippen LogP contribution in [-0.4, -0.2) is 42.1 Å². The number of hydrogen-bond donors (Lipinski definition) is 3. The Morgan fingerprint density at radius 3 is 2.76 bits per heavy atom. The fraction of sp³-hybridized carbons (Fsp3) is 0.273. The molecule has 7 nitrogen and oxygen atoms in total. The van der Waals surface area contributed by atoms with Crippen molar-refractivity contribution < 1.29 is 19.1 Å². The molecule has 0 bridgehead atoms. The van der Waals surface area contributed by atoms with Gasteiger partial charge in [0.25, 0.3) is 5.91 Å². The Bertz CT molecular complexity index is 1030. The van der Waals surface area contributed by atoms with Crippen molar-refractivity contribution in [3.8, 4) is 11.5 Å². The lowest BCUT2D eigenvalue weighted by molar-refractivity contribution is -0.134. The molecule has 4 rings (SSSR count). The average Bonchev–Trinajstić information content (AvgIpc) is 3.16. The van der Waals surface area contributed by atoms with Gasteiger partial charge in [0.2, 0.25) is 12.0 Å². The summed E-state index contributed by atoms with van der Waals surface area (Å²) in [6.07, 6.45) is 1.87. The lowest BCUT2D eigenvalue weighted by Crippen LogP contribution is -2.51. The predicted octanol–water partition coefficient (Wildman–Crippen LogP) is 2.17. The quantitative estimate of drug-likeness (QED) is 0.599. The smallest absolute Gasteiger partial charge is 0.265 e. The maximum absolute atomic E-state index is 12.4. The lowest BCUT2D eigenvalue weighted by atomic mass is 10.1. The van der Waals surface area contributed by atoms with Crippen LogP contribution in [0.1, 0.15) is 12.5 Å². The van der Waals surface area contributed by atoms with Crippen molar-refractivity contribution in [1.29, 1.82) is 0 Å². The van der Waals surface area contributed by atoms with Crippen molar-refractivity contribution in [2.24, 2.45) is 0 Å². The summed E-state index contributed by atoms with van der Waals surface area (Å²) in [7, 11) is 0. The largest absolute Gasteiger partial charge is 0.485 e. The van der Waals surface area contributed by atoms with Crippen LogP contribution in [0.15, 0.2) is 54.7 Å². The standard InChI is InChI=1S/C22H23N3O4/c1-14(25-22(27)20-13-28-18-8-4-5-9-19(18)29-20)21(26)23-11-10-15-12-24-17-7-3-2-6-16(15)17/h2-9,12,14,20,24H,10-11,13H2,1H3,(H,23,26)(H,25,27)/t14-,20+/m0/s1. The summed E-state index contributed by atoms with van der Waals surface area (Å²) in [5.41, 5.74) is 2.22. The number of hydrogen-bond acceptors (Lipinski definition) is 4. The molecule has 150 valence electrons. The summed E-state index contributed by atoms with van der Waals surface area (Å²) in [6.45, 7) is 2.24. The fourth-order valence-electron chi connectivity index (χ4n) is 3.33. The maximum Gasteiger partial charge on any atom is 0.265 e. The Hall–Kier alpha value is -3.48. The fourth-order valence-corrected chi connectivity index (χ4v) is 3.33. The predicted molar refractivity (Wildman–Crippen MR) is 109 cm³/mol. The molecule has 29 heavy (non-hydrogen) atoms. The van der Waals surface area contributed by atoms with Gasteiger partial charge in [0.15, 0.2) is 11.5 Å². The first kappa shape index (κ1) is 18.9. The SMILES string of the molecule is C[C@H](NC(=O)[C@H]1COc2ccccc2O1)C(=O)NCCc1c[nH]c2ccccc12. The summed E-state index contributed by atoms with van der Waals surface area (Å²) in [4.78, 5) is 28.0. The van der Waals surface area contributed by atoms with Gasteiger partial charge in [0.05, 0.1) is 0 Å². The Labute approximate surface area is 168 Å². The zero-order valence-electron chi connectivity index (χ0n) is 16.1. The summed E-state index contributed by atoms with van der Waals surface area (Å²) in [5.74, 6) is 0.517. The average molecular weight is 393 g/mol. The number of aromatic nitrogens is 1. The molecule has 1 aromatic heterocycles. The number of ether oxygens (including phenoxy) is 2. The van der Waals surface area contributed by atoms with E-state index in [-0.39, 0.29) is 18.4 Å². The van der Waals surface area contributed by atoms with E-state index < -0.39 is 12.1 Å². The number of rotatable bonds is 6. The third kappa shape index (κ3) is 4.18. The Morgan fingerprint density at radius 2 is 1.90 bits per heavy atom. The highest BCUT2D eigenvalue weighted by molar-refractivity contribution is 5.89. The van der Waals surface area contributed by atoms with Crippen molar-refractivity contribution in [3.05, 3.63) is 60.3 Å². The molecular formula is C22H23N3O4. The van der Waals surface area contributed by atoms with Crippen LogP contribution in [0, 0.1) is 0 Å². The lowest BCUT2D eigenvalue weighted by Gasteiger charge is -2.26. The summed E-state index contributed by atoms with van der Waals surface area (Å²) in [5, 5.41) is 6.71. The number of amides is 2. The molecule has 0 saturated carbocycles. The van der Waals surface area contributed by atoms with Crippen LogP contribution >= 0.6 is 0 Å². The number of aromatic amines is 1. The van der Waals surface area contributed by atoms with E-state index in [4.69, 9.17) is 9.47 Å². The normalized spacial score (nSPS) is 16.2. The molecule has 1 aliphatic heterocycles. The van der Waals surface area contributed by atoms with Crippen molar-refractivity contribution in [1.82, 2.24) is 15.6 Å². The maximum atomic E-state index is 12.4. The van der Waals surface area contributed by atoms with Crippen LogP contribution in [-0.2, 0) is 16.0 Å². The van der Waals surface area contributed by atoms with Crippen molar-refractivity contribution in [2.45, 2.75) is 25.5 Å². The molecule has 1 aliphatic rings. The second-order valence-electron chi connectivity index (χ2n) is 7.00. The minimum Gasteiger partial charge on any atom is -0.485 e. The van der Waals surface area contributed by atoms with E-state index >= 15 is 0 Å². The third-order valence-electron chi connectivity index (χ3n) is 4.92. The van der Waals surface area contributed by atoms with Gasteiger partial charge >= 0.3 is 0 Å². The van der Waals surface area contributed by atoms with E-state index in [1.165, 1.54) is 0 Å². The molecule has 2 amide bonds. The van der Waals surface area contributed by atoms with E-state index in [1.807, 2.05) is 36.5 Å². The topological polar surface area (TPSA) is 92.4 Å². The van der Waals surface area contributed by atoms with Crippen LogP contribution in [0.3, 0.4) is 0 Å². The first-order valence-corrected chi connectivity index (χ1v) is 9.63. The van der Waals surface area contributed by atoms with Crippen LogP contribution in [0.2, 0.25) is 0 Å². The van der Waals surface area contributed by atoms with Crippen LogP contribution in [0.25, 0.3) is 10.9 Å². The van der Waals surface area contributed by atoms with Crippen molar-refractivity contribution >= 4 is 22.7 Å². The van der Waals surface area contributed by atoms with Crippen LogP contribution < -0.4 is 20.1 Å². The molecule has 3 aromatic rings. The molecule has 2 heterocycles. The van der Waals surface area contributed by atoms with E-state index in [9.17, 15) is 9.59 Å². The Kier molecular flexibility index (Phi) is 5.37. The van der Waals surface area contributed by atoms with Gasteiger partial charge in [-0.15, -0.1) is 0 Å². The Morgan fingerprint density at radius 1 is 1.14 bits per heavy atom. The highest BCUT2D eigenvalue weighted by atomic mass is 16.6. The minimum atomic E-state index is -0.786. The molecule has 0 unspecified atom stereocenters. The second-order valence-corrected chi connectivity index (χ2v) is 7.00. The van der Waals surface area contributed by atoms with E-state index in [0.717, 1.165) is 16.5 Å². The minimum absolute atomic E-state index is 0.109. The van der Waals surface area contributed by atoms with E-state index in [0.29, 0.717) is 24.5 Å². The molecule has 7 heteroatoms. The number of H-pyrrole nitrogens is 1. The van der Waals surface area contributed by atoms with Gasteiger partial charge in [-0.2, -0.15) is 0 Å². The highest BCUT2D eigenvalue weighted by Crippen LogP contribution is 2.30. The van der Waals surface area contributed by atoms with Gasteiger partial charge in [-0.05, 0) is 37.1 Å². The van der Waals surface area contributed by atoms with Gasteiger partial charge in [0.1, 0.15) is 12.6 Å². The van der Waals surface area contributed by atoms with Gasteiger partial charge in [-0.1, -0.05) is 30.3 Å². The molecule has 2 aromatic carbocycles. The van der Waals surface area contributed by atoms with Gasteiger partial charge < -0.3 is 25.1 Å². The van der Waals surface area contributed by atoms with Crippen LogP contribution in [0.5, 0.6) is 11.5 Å². The summed E-state index contributed by atoms with van der Waals surface area (Å²) < 4.78 is 11.2. The first-order valence-electron chi connectivity index (χ1n) is 9.63.